The lowest BCUT2D eigenvalue weighted by atomic mass is 10.1. The molecule has 0 aliphatic carbocycles. The van der Waals surface area contributed by atoms with E-state index >= 15 is 0 Å². The minimum Gasteiger partial charge on any atom is -0.255 e. The monoisotopic (exact) mass is 357 g/mol. The molecular formula is C25H15N3. The van der Waals surface area contributed by atoms with Gasteiger partial charge in [-0.15, -0.1) is 6.42 Å². The summed E-state index contributed by atoms with van der Waals surface area (Å²) in [6, 6.07) is 23.0. The van der Waals surface area contributed by atoms with Crippen LogP contribution in [-0.4, -0.2) is 15.0 Å². The van der Waals surface area contributed by atoms with Crippen LogP contribution in [0, 0.1) is 24.2 Å². The fourth-order valence-electron chi connectivity index (χ4n) is 2.69. The van der Waals surface area contributed by atoms with Crippen molar-refractivity contribution in [1.29, 1.82) is 0 Å². The van der Waals surface area contributed by atoms with E-state index in [1.54, 1.807) is 12.4 Å². The van der Waals surface area contributed by atoms with E-state index in [0.717, 1.165) is 39.5 Å². The maximum atomic E-state index is 5.40. The van der Waals surface area contributed by atoms with Crippen molar-refractivity contribution in [2.75, 3.05) is 0 Å². The quantitative estimate of drug-likeness (QED) is 0.493. The molecule has 4 aromatic rings. The van der Waals surface area contributed by atoms with Gasteiger partial charge in [0.05, 0.1) is 22.8 Å². The van der Waals surface area contributed by atoms with Crippen LogP contribution in [0.3, 0.4) is 0 Å². The second-order valence-corrected chi connectivity index (χ2v) is 6.03. The Labute approximate surface area is 164 Å². The van der Waals surface area contributed by atoms with Crippen LogP contribution in [0.15, 0.2) is 85.2 Å². The number of pyridine rings is 3. The van der Waals surface area contributed by atoms with Gasteiger partial charge < -0.3 is 0 Å². The molecule has 28 heavy (non-hydrogen) atoms. The molecule has 3 heterocycles. The average molecular weight is 357 g/mol. The molecule has 3 nitrogen and oxygen atoms in total. The van der Waals surface area contributed by atoms with Crippen LogP contribution >= 0.6 is 0 Å². The Balaban J connectivity index is 1.78. The minimum atomic E-state index is 0.760. The van der Waals surface area contributed by atoms with Gasteiger partial charge in [-0.05, 0) is 60.7 Å². The Morgan fingerprint density at radius 2 is 1.11 bits per heavy atom. The van der Waals surface area contributed by atoms with Gasteiger partial charge in [-0.25, -0.2) is 4.98 Å². The van der Waals surface area contributed by atoms with Crippen LogP contribution in [0.25, 0.3) is 22.8 Å². The van der Waals surface area contributed by atoms with Gasteiger partial charge in [0.15, 0.2) is 0 Å². The summed E-state index contributed by atoms with van der Waals surface area (Å²) in [6.45, 7) is 0. The normalized spacial score (nSPS) is 9.82. The lowest BCUT2D eigenvalue weighted by molar-refractivity contribution is 1.21. The van der Waals surface area contributed by atoms with Gasteiger partial charge in [-0.3, -0.25) is 9.97 Å². The largest absolute Gasteiger partial charge is 0.255 e. The molecule has 0 bridgehead atoms. The number of benzene rings is 1. The fraction of sp³-hybridized carbons (Fsp3) is 0. The van der Waals surface area contributed by atoms with Gasteiger partial charge in [-0.2, -0.15) is 0 Å². The molecule has 3 aromatic heterocycles. The summed E-state index contributed by atoms with van der Waals surface area (Å²) < 4.78 is 0. The topological polar surface area (TPSA) is 38.7 Å². The first-order valence-corrected chi connectivity index (χ1v) is 8.75. The van der Waals surface area contributed by atoms with Crippen molar-refractivity contribution in [3.05, 3.63) is 102 Å². The molecule has 0 atom stereocenters. The van der Waals surface area contributed by atoms with Crippen LogP contribution in [-0.2, 0) is 0 Å². The SMILES string of the molecule is C#Cc1ccc(C#Cc2cc(-c3ccccn3)nc(-c3ccccn3)c2)cc1. The maximum absolute atomic E-state index is 5.40. The molecule has 0 aliphatic heterocycles. The first kappa shape index (κ1) is 17.2. The third-order valence-corrected chi connectivity index (χ3v) is 4.08. The van der Waals surface area contributed by atoms with Gasteiger partial charge in [0, 0.05) is 29.1 Å². The highest BCUT2D eigenvalue weighted by atomic mass is 14.8. The van der Waals surface area contributed by atoms with Gasteiger partial charge in [0.1, 0.15) is 0 Å². The minimum absolute atomic E-state index is 0.760. The molecule has 0 saturated carbocycles. The summed E-state index contributed by atoms with van der Waals surface area (Å²) in [5.74, 6) is 9.01. The van der Waals surface area contributed by atoms with Gasteiger partial charge in [-0.1, -0.05) is 29.9 Å². The number of nitrogens with zero attached hydrogens (tertiary/aromatic N) is 3. The Bertz CT molecular complexity index is 1140. The van der Waals surface area contributed by atoms with E-state index in [9.17, 15) is 0 Å². The zero-order valence-corrected chi connectivity index (χ0v) is 15.0. The summed E-state index contributed by atoms with van der Waals surface area (Å²) in [4.78, 5) is 13.6. The lowest BCUT2D eigenvalue weighted by Crippen LogP contribution is -1.93. The highest BCUT2D eigenvalue weighted by Gasteiger charge is 2.07. The summed E-state index contributed by atoms with van der Waals surface area (Å²) in [6.07, 6.45) is 8.91. The maximum Gasteiger partial charge on any atom is 0.0906 e. The van der Waals surface area contributed by atoms with E-state index in [2.05, 4.69) is 27.7 Å². The second-order valence-electron chi connectivity index (χ2n) is 6.03. The predicted molar refractivity (Wildman–Crippen MR) is 111 cm³/mol. The van der Waals surface area contributed by atoms with Gasteiger partial charge >= 0.3 is 0 Å². The molecule has 0 radical (unpaired) electrons. The molecule has 0 fully saturated rings. The summed E-state index contributed by atoms with van der Waals surface area (Å²) >= 11 is 0. The summed E-state index contributed by atoms with van der Waals surface area (Å²) in [5, 5.41) is 0. The van der Waals surface area contributed by atoms with Gasteiger partial charge in [0.25, 0.3) is 0 Å². The van der Waals surface area contributed by atoms with Crippen molar-refractivity contribution in [2.45, 2.75) is 0 Å². The number of hydrogen-bond donors (Lipinski definition) is 0. The molecule has 0 unspecified atom stereocenters. The number of rotatable bonds is 2. The number of aromatic nitrogens is 3. The molecule has 1 aromatic carbocycles. The van der Waals surface area contributed by atoms with Crippen molar-refractivity contribution in [3.63, 3.8) is 0 Å². The Hall–Kier alpha value is -4.21. The van der Waals surface area contributed by atoms with Crippen molar-refractivity contribution in [2.24, 2.45) is 0 Å². The van der Waals surface area contributed by atoms with E-state index in [-0.39, 0.29) is 0 Å². The second kappa shape index (κ2) is 7.99. The molecule has 0 spiro atoms. The van der Waals surface area contributed by atoms with E-state index in [0.29, 0.717) is 0 Å². The van der Waals surface area contributed by atoms with E-state index in [1.165, 1.54) is 0 Å². The zero-order chi connectivity index (χ0) is 19.2. The highest BCUT2D eigenvalue weighted by molar-refractivity contribution is 5.65. The van der Waals surface area contributed by atoms with Crippen molar-refractivity contribution in [3.8, 4) is 47.0 Å². The molecular weight excluding hydrogens is 342 g/mol. The smallest absolute Gasteiger partial charge is 0.0906 e. The van der Waals surface area contributed by atoms with Crippen LogP contribution < -0.4 is 0 Å². The zero-order valence-electron chi connectivity index (χ0n) is 15.0. The fourth-order valence-corrected chi connectivity index (χ4v) is 2.69. The first-order chi connectivity index (χ1) is 13.8. The van der Waals surface area contributed by atoms with Crippen LogP contribution in [0.4, 0.5) is 0 Å². The van der Waals surface area contributed by atoms with Crippen LogP contribution in [0.5, 0.6) is 0 Å². The van der Waals surface area contributed by atoms with Crippen molar-refractivity contribution >= 4 is 0 Å². The molecule has 0 aliphatic rings. The summed E-state index contributed by atoms with van der Waals surface area (Å²) in [5.41, 5.74) is 5.69. The molecule has 0 N–H and O–H groups in total. The lowest BCUT2D eigenvalue weighted by Gasteiger charge is -2.05. The van der Waals surface area contributed by atoms with E-state index < -0.39 is 0 Å². The Morgan fingerprint density at radius 3 is 1.61 bits per heavy atom. The first-order valence-electron chi connectivity index (χ1n) is 8.75. The predicted octanol–water partition coefficient (Wildman–Crippen LogP) is 4.59. The van der Waals surface area contributed by atoms with Gasteiger partial charge in [0.2, 0.25) is 0 Å². The molecule has 3 heteroatoms. The third-order valence-electron chi connectivity index (χ3n) is 4.08. The molecule has 130 valence electrons. The average Bonchev–Trinajstić information content (AvgIpc) is 2.79. The summed E-state index contributed by atoms with van der Waals surface area (Å²) in [7, 11) is 0. The van der Waals surface area contributed by atoms with E-state index in [1.807, 2.05) is 72.8 Å². The number of terminal acetylenes is 1. The van der Waals surface area contributed by atoms with Crippen molar-refractivity contribution < 1.29 is 0 Å². The molecule has 0 saturated heterocycles. The van der Waals surface area contributed by atoms with Crippen molar-refractivity contribution in [1.82, 2.24) is 15.0 Å². The highest BCUT2D eigenvalue weighted by Crippen LogP contribution is 2.22. The van der Waals surface area contributed by atoms with Crippen LogP contribution in [0.1, 0.15) is 16.7 Å². The van der Waals surface area contributed by atoms with E-state index in [4.69, 9.17) is 11.4 Å². The Morgan fingerprint density at radius 1 is 0.571 bits per heavy atom. The Kier molecular flexibility index (Phi) is 4.92. The number of hydrogen-bond acceptors (Lipinski definition) is 3. The standard InChI is InChI=1S/C25H15N3/c1-2-19-9-11-20(12-10-19)13-14-21-17-24(22-7-3-5-15-26-22)28-25(18-21)23-8-4-6-16-27-23/h1,3-12,15-18H. The molecule has 4 rings (SSSR count). The third kappa shape index (κ3) is 3.96. The van der Waals surface area contributed by atoms with Crippen LogP contribution in [0.2, 0.25) is 0 Å². The molecule has 0 amide bonds.